The molecule has 1 saturated heterocycles. The second kappa shape index (κ2) is 10.6. The Morgan fingerprint density at radius 2 is 1.60 bits per heavy atom. The summed E-state index contributed by atoms with van der Waals surface area (Å²) >= 11 is 0. The van der Waals surface area contributed by atoms with E-state index in [1.54, 1.807) is 12.1 Å². The number of halogens is 3. The van der Waals surface area contributed by atoms with Gasteiger partial charge in [0.05, 0.1) is 11.5 Å². The number of rotatable bonds is 6. The first-order valence-electron chi connectivity index (χ1n) is 11.2. The molecule has 2 heterocycles. The molecule has 35 heavy (non-hydrogen) atoms. The van der Waals surface area contributed by atoms with Gasteiger partial charge in [0.25, 0.3) is 5.91 Å². The molecule has 0 bridgehead atoms. The van der Waals surface area contributed by atoms with Crippen LogP contribution in [0.2, 0.25) is 0 Å². The van der Waals surface area contributed by atoms with Crippen LogP contribution >= 0.6 is 0 Å². The maximum atomic E-state index is 12.7. The number of carbonyl (C=O) groups excluding carboxylic acids is 2. The van der Waals surface area contributed by atoms with Crippen LogP contribution in [-0.2, 0) is 20.5 Å². The Morgan fingerprint density at radius 3 is 2.20 bits per heavy atom. The molecule has 3 aromatic rings. The van der Waals surface area contributed by atoms with Crippen LogP contribution in [0.15, 0.2) is 72.9 Å². The van der Waals surface area contributed by atoms with Gasteiger partial charge in [-0.25, -0.2) is 4.98 Å². The molecule has 0 spiro atoms. The zero-order valence-corrected chi connectivity index (χ0v) is 18.8. The average molecular weight is 483 g/mol. The van der Waals surface area contributed by atoms with E-state index in [-0.39, 0.29) is 12.5 Å². The average Bonchev–Trinajstić information content (AvgIpc) is 2.88. The van der Waals surface area contributed by atoms with Crippen molar-refractivity contribution in [3.63, 3.8) is 0 Å². The van der Waals surface area contributed by atoms with Gasteiger partial charge >= 0.3 is 12.1 Å². The third-order valence-corrected chi connectivity index (χ3v) is 5.85. The lowest BCUT2D eigenvalue weighted by atomic mass is 9.97. The fraction of sp³-hybridized carbons (Fsp3) is 0.269. The summed E-state index contributed by atoms with van der Waals surface area (Å²) < 4.78 is 43.3. The second-order valence-corrected chi connectivity index (χ2v) is 8.26. The van der Waals surface area contributed by atoms with E-state index in [0.29, 0.717) is 37.4 Å². The number of hydrogen-bond acceptors (Lipinski definition) is 5. The highest BCUT2D eigenvalue weighted by Gasteiger charge is 2.31. The lowest BCUT2D eigenvalue weighted by molar-refractivity contribution is -0.152. The van der Waals surface area contributed by atoms with Gasteiger partial charge in [0.1, 0.15) is 5.82 Å². The number of ether oxygens (including phenoxy) is 1. The lowest BCUT2D eigenvalue weighted by Crippen LogP contribution is -2.38. The summed E-state index contributed by atoms with van der Waals surface area (Å²) in [6.07, 6.45) is -2.70. The summed E-state index contributed by atoms with van der Waals surface area (Å²) in [4.78, 5) is 30.3. The number of pyridine rings is 1. The number of alkyl halides is 3. The van der Waals surface area contributed by atoms with E-state index in [2.05, 4.69) is 10.3 Å². The molecule has 1 aliphatic rings. The topological polar surface area (TPSA) is 71.5 Å². The number of hydrogen-bond donors (Lipinski definition) is 1. The van der Waals surface area contributed by atoms with Gasteiger partial charge in [-0.15, -0.1) is 0 Å². The monoisotopic (exact) mass is 483 g/mol. The molecule has 1 aromatic heterocycles. The quantitative estimate of drug-likeness (QED) is 0.490. The van der Waals surface area contributed by atoms with Crippen LogP contribution < -0.4 is 10.2 Å². The molecule has 182 valence electrons. The van der Waals surface area contributed by atoms with Crippen molar-refractivity contribution >= 4 is 23.4 Å². The molecule has 6 nitrogen and oxygen atoms in total. The van der Waals surface area contributed by atoms with E-state index >= 15 is 0 Å². The van der Waals surface area contributed by atoms with E-state index in [1.807, 2.05) is 47.4 Å². The van der Waals surface area contributed by atoms with Crippen molar-refractivity contribution in [2.24, 2.45) is 5.92 Å². The van der Waals surface area contributed by atoms with E-state index in [0.717, 1.165) is 23.4 Å². The number of benzene rings is 2. The summed E-state index contributed by atoms with van der Waals surface area (Å²) in [6.45, 7) is 0.524. The van der Waals surface area contributed by atoms with E-state index in [4.69, 9.17) is 4.74 Å². The molecule has 0 unspecified atom stereocenters. The van der Waals surface area contributed by atoms with Gasteiger partial charge < -0.3 is 15.0 Å². The Balaban J connectivity index is 1.21. The smallest absolute Gasteiger partial charge is 0.417 e. The maximum Gasteiger partial charge on any atom is 0.417 e. The highest BCUT2D eigenvalue weighted by molar-refractivity contribution is 5.93. The van der Waals surface area contributed by atoms with E-state index in [1.165, 1.54) is 6.07 Å². The normalized spacial score (nSPS) is 14.4. The van der Waals surface area contributed by atoms with Crippen LogP contribution in [0.25, 0.3) is 11.1 Å². The van der Waals surface area contributed by atoms with Crippen molar-refractivity contribution in [2.45, 2.75) is 19.0 Å². The van der Waals surface area contributed by atoms with Crippen LogP contribution in [0.1, 0.15) is 18.4 Å². The molecule has 0 radical (unpaired) electrons. The standard InChI is InChI=1S/C26H24F3N3O3/c27-26(28,29)21-8-11-23(30-16-21)32-14-12-20(13-15-32)25(34)35-17-24(33)31-22-9-6-19(7-10-22)18-4-2-1-3-5-18/h1-11,16,20H,12-15,17H2,(H,31,33). The van der Waals surface area contributed by atoms with Crippen molar-refractivity contribution in [1.29, 1.82) is 0 Å². The third kappa shape index (κ3) is 6.38. The largest absolute Gasteiger partial charge is 0.455 e. The van der Waals surface area contributed by atoms with Crippen molar-refractivity contribution in [2.75, 3.05) is 29.9 Å². The van der Waals surface area contributed by atoms with Gasteiger partial charge in [0.2, 0.25) is 0 Å². The molecule has 0 aliphatic carbocycles. The maximum absolute atomic E-state index is 12.7. The Labute approximate surface area is 200 Å². The van der Waals surface area contributed by atoms with Crippen LogP contribution in [0.5, 0.6) is 0 Å². The van der Waals surface area contributed by atoms with Crippen molar-refractivity contribution < 1.29 is 27.5 Å². The summed E-state index contributed by atoms with van der Waals surface area (Å²) in [5.41, 5.74) is 1.89. The predicted molar refractivity (Wildman–Crippen MR) is 126 cm³/mol. The first-order valence-corrected chi connectivity index (χ1v) is 11.2. The fourth-order valence-corrected chi connectivity index (χ4v) is 3.91. The minimum Gasteiger partial charge on any atom is -0.455 e. The number of aromatic nitrogens is 1. The van der Waals surface area contributed by atoms with Gasteiger partial charge in [-0.3, -0.25) is 9.59 Å². The minimum atomic E-state index is -4.43. The Bertz CT molecular complexity index is 1140. The van der Waals surface area contributed by atoms with Gasteiger partial charge in [0.15, 0.2) is 6.61 Å². The Hall–Kier alpha value is -3.88. The highest BCUT2D eigenvalue weighted by atomic mass is 19.4. The molecule has 1 fully saturated rings. The highest BCUT2D eigenvalue weighted by Crippen LogP contribution is 2.30. The van der Waals surface area contributed by atoms with Gasteiger partial charge in [-0.05, 0) is 48.2 Å². The van der Waals surface area contributed by atoms with Crippen LogP contribution in [0, 0.1) is 5.92 Å². The number of piperidine rings is 1. The molecule has 1 amide bonds. The van der Waals surface area contributed by atoms with Crippen LogP contribution in [0.3, 0.4) is 0 Å². The number of carbonyl (C=O) groups is 2. The Kier molecular flexibility index (Phi) is 7.33. The zero-order valence-electron chi connectivity index (χ0n) is 18.8. The molecule has 1 aliphatic heterocycles. The van der Waals surface area contributed by atoms with Crippen LogP contribution in [-0.4, -0.2) is 36.6 Å². The number of nitrogens with zero attached hydrogens (tertiary/aromatic N) is 2. The molecule has 1 N–H and O–H groups in total. The van der Waals surface area contributed by atoms with Gasteiger partial charge in [-0.1, -0.05) is 42.5 Å². The molecule has 0 saturated carbocycles. The number of anilines is 2. The lowest BCUT2D eigenvalue weighted by Gasteiger charge is -2.31. The SMILES string of the molecule is O=C(COC(=O)C1CCN(c2ccc(C(F)(F)F)cn2)CC1)Nc1ccc(-c2ccccc2)cc1. The van der Waals surface area contributed by atoms with Crippen molar-refractivity contribution in [3.05, 3.63) is 78.5 Å². The Morgan fingerprint density at radius 1 is 0.943 bits per heavy atom. The third-order valence-electron chi connectivity index (χ3n) is 5.85. The number of nitrogens with one attached hydrogen (secondary N) is 1. The molecule has 2 aromatic carbocycles. The fourth-order valence-electron chi connectivity index (χ4n) is 3.91. The summed E-state index contributed by atoms with van der Waals surface area (Å²) in [7, 11) is 0. The summed E-state index contributed by atoms with van der Waals surface area (Å²) in [5, 5.41) is 2.71. The summed E-state index contributed by atoms with van der Waals surface area (Å²) in [5.74, 6) is -0.835. The van der Waals surface area contributed by atoms with Crippen molar-refractivity contribution in [3.8, 4) is 11.1 Å². The number of amides is 1. The van der Waals surface area contributed by atoms with E-state index in [9.17, 15) is 22.8 Å². The van der Waals surface area contributed by atoms with Crippen molar-refractivity contribution in [1.82, 2.24) is 4.98 Å². The minimum absolute atomic E-state index is 0.376. The zero-order chi connectivity index (χ0) is 24.8. The van der Waals surface area contributed by atoms with Gasteiger partial charge in [-0.2, -0.15) is 13.2 Å². The molecule has 9 heteroatoms. The summed E-state index contributed by atoms with van der Waals surface area (Å²) in [6, 6.07) is 19.5. The predicted octanol–water partition coefficient (Wildman–Crippen LogP) is 5.17. The first kappa shape index (κ1) is 24.3. The molecule has 4 rings (SSSR count). The molecular weight excluding hydrogens is 459 g/mol. The molecular formula is C26H24F3N3O3. The van der Waals surface area contributed by atoms with Crippen LogP contribution in [0.4, 0.5) is 24.7 Å². The second-order valence-electron chi connectivity index (χ2n) is 8.26. The van der Waals surface area contributed by atoms with Gasteiger partial charge in [0, 0.05) is 25.0 Å². The molecule has 0 atom stereocenters. The first-order chi connectivity index (χ1) is 16.8. The number of esters is 1. The van der Waals surface area contributed by atoms with E-state index < -0.39 is 23.6 Å².